The van der Waals surface area contributed by atoms with Crippen molar-refractivity contribution in [2.24, 2.45) is 5.73 Å². The fraction of sp³-hybridized carbons (Fsp3) is 0.182. The third-order valence-electron chi connectivity index (χ3n) is 2.09. The number of Topliss-reactive ketones (excluding diaryl/α,β-unsaturated/α-hetero) is 1. The highest BCUT2D eigenvalue weighted by atomic mass is 16.2. The number of amides is 3. The molecule has 0 aliphatic heterocycles. The zero-order chi connectivity index (χ0) is 12.8. The number of carbonyl (C=O) groups excluding carboxylic acids is 3. The van der Waals surface area contributed by atoms with Gasteiger partial charge >= 0.3 is 6.03 Å². The molecule has 0 saturated carbocycles. The number of rotatable bonds is 3. The number of benzene rings is 1. The molecule has 6 nitrogen and oxygen atoms in total. The second kappa shape index (κ2) is 5.64. The smallest absolute Gasteiger partial charge is 0.330 e. The molecule has 4 N–H and O–H groups in total. The van der Waals surface area contributed by atoms with E-state index >= 15 is 0 Å². The molecule has 0 atom stereocenters. The number of urea groups is 1. The summed E-state index contributed by atoms with van der Waals surface area (Å²) in [7, 11) is 0. The summed E-state index contributed by atoms with van der Waals surface area (Å²) in [5.41, 5.74) is 9.39. The molecule has 3 amide bonds. The summed E-state index contributed by atoms with van der Waals surface area (Å²) in [4.78, 5) is 33.7. The standard InChI is InChI=1S/C11H13N3O3/c1-2-9(15)7-5-3-4-6-8(7)10(16)13-14-11(12)17/h3-6H,2H2,1H3,(H,13,16)(H3,12,14,17). The highest BCUT2D eigenvalue weighted by molar-refractivity contribution is 6.08. The van der Waals surface area contributed by atoms with Crippen molar-refractivity contribution in [3.05, 3.63) is 35.4 Å². The molecule has 17 heavy (non-hydrogen) atoms. The van der Waals surface area contributed by atoms with Crippen molar-refractivity contribution in [1.29, 1.82) is 0 Å². The zero-order valence-electron chi connectivity index (χ0n) is 9.32. The molecular formula is C11H13N3O3. The Morgan fingerprint density at radius 3 is 2.24 bits per heavy atom. The molecule has 0 radical (unpaired) electrons. The van der Waals surface area contributed by atoms with Gasteiger partial charge in [-0.2, -0.15) is 0 Å². The maximum Gasteiger partial charge on any atom is 0.330 e. The maximum absolute atomic E-state index is 11.7. The first-order chi connectivity index (χ1) is 8.06. The Bertz CT molecular complexity index is 457. The summed E-state index contributed by atoms with van der Waals surface area (Å²) < 4.78 is 0. The van der Waals surface area contributed by atoms with Crippen molar-refractivity contribution in [2.45, 2.75) is 13.3 Å². The Morgan fingerprint density at radius 1 is 1.12 bits per heavy atom. The molecular weight excluding hydrogens is 222 g/mol. The fourth-order valence-electron chi connectivity index (χ4n) is 1.30. The van der Waals surface area contributed by atoms with E-state index in [1.165, 1.54) is 6.07 Å². The predicted molar refractivity (Wildman–Crippen MR) is 61.2 cm³/mol. The third-order valence-corrected chi connectivity index (χ3v) is 2.09. The number of primary amides is 1. The monoisotopic (exact) mass is 235 g/mol. The van der Waals surface area contributed by atoms with Crippen molar-refractivity contribution in [2.75, 3.05) is 0 Å². The van der Waals surface area contributed by atoms with Gasteiger partial charge in [-0.3, -0.25) is 15.0 Å². The third kappa shape index (κ3) is 3.30. The molecule has 0 unspecified atom stereocenters. The van der Waals surface area contributed by atoms with Crippen LogP contribution in [0.1, 0.15) is 34.1 Å². The Kier molecular flexibility index (Phi) is 4.21. The Balaban J connectivity index is 2.93. The Hall–Kier alpha value is -2.37. The lowest BCUT2D eigenvalue weighted by molar-refractivity contribution is 0.0921. The first kappa shape index (κ1) is 12.7. The number of hydrogen-bond acceptors (Lipinski definition) is 3. The highest BCUT2D eigenvalue weighted by Gasteiger charge is 2.15. The van der Waals surface area contributed by atoms with Crippen LogP contribution in [0.2, 0.25) is 0 Å². The van der Waals surface area contributed by atoms with Crippen LogP contribution in [-0.2, 0) is 0 Å². The zero-order valence-corrected chi connectivity index (χ0v) is 9.32. The van der Waals surface area contributed by atoms with E-state index in [1.807, 2.05) is 5.43 Å². The lowest BCUT2D eigenvalue weighted by Crippen LogP contribution is -2.44. The second-order valence-corrected chi connectivity index (χ2v) is 3.27. The number of nitrogens with two attached hydrogens (primary N) is 1. The van der Waals surface area contributed by atoms with Crippen LogP contribution in [0.25, 0.3) is 0 Å². The van der Waals surface area contributed by atoms with Gasteiger partial charge in [-0.15, -0.1) is 0 Å². The summed E-state index contributed by atoms with van der Waals surface area (Å²) in [5, 5.41) is 0. The Morgan fingerprint density at radius 2 is 1.71 bits per heavy atom. The summed E-state index contributed by atoms with van der Waals surface area (Å²) in [6, 6.07) is 5.48. The molecule has 1 aromatic rings. The molecule has 0 saturated heterocycles. The largest absolute Gasteiger partial charge is 0.350 e. The quantitative estimate of drug-likeness (QED) is 0.528. The van der Waals surface area contributed by atoms with Crippen LogP contribution in [0, 0.1) is 0 Å². The van der Waals surface area contributed by atoms with E-state index in [2.05, 4.69) is 5.43 Å². The van der Waals surface area contributed by atoms with Crippen LogP contribution in [-0.4, -0.2) is 17.7 Å². The normalized spacial score (nSPS) is 9.47. The van der Waals surface area contributed by atoms with Crippen LogP contribution in [0.15, 0.2) is 24.3 Å². The van der Waals surface area contributed by atoms with Gasteiger partial charge in [0.2, 0.25) is 0 Å². The molecule has 1 rings (SSSR count). The molecule has 0 heterocycles. The van der Waals surface area contributed by atoms with Crippen molar-refractivity contribution in [3.8, 4) is 0 Å². The number of nitrogens with one attached hydrogen (secondary N) is 2. The number of carbonyl (C=O) groups is 3. The Labute approximate surface area is 98.2 Å². The molecule has 0 aromatic heterocycles. The average molecular weight is 235 g/mol. The van der Waals surface area contributed by atoms with Gasteiger partial charge in [0.1, 0.15) is 0 Å². The van der Waals surface area contributed by atoms with Crippen molar-refractivity contribution < 1.29 is 14.4 Å². The molecule has 0 aliphatic rings. The average Bonchev–Trinajstić information content (AvgIpc) is 2.34. The van der Waals surface area contributed by atoms with E-state index in [0.29, 0.717) is 12.0 Å². The maximum atomic E-state index is 11.7. The van der Waals surface area contributed by atoms with Gasteiger partial charge in [0.25, 0.3) is 5.91 Å². The van der Waals surface area contributed by atoms with Gasteiger partial charge in [0, 0.05) is 12.0 Å². The molecule has 0 bridgehead atoms. The molecule has 0 aliphatic carbocycles. The van der Waals surface area contributed by atoms with E-state index in [-0.39, 0.29) is 11.3 Å². The van der Waals surface area contributed by atoms with Gasteiger partial charge in [-0.05, 0) is 6.07 Å². The lowest BCUT2D eigenvalue weighted by atomic mass is 10.0. The van der Waals surface area contributed by atoms with Gasteiger partial charge in [-0.25, -0.2) is 10.2 Å². The van der Waals surface area contributed by atoms with Crippen LogP contribution < -0.4 is 16.6 Å². The highest BCUT2D eigenvalue weighted by Crippen LogP contribution is 2.10. The molecule has 6 heteroatoms. The molecule has 1 aromatic carbocycles. The summed E-state index contributed by atoms with van der Waals surface area (Å²) in [5.74, 6) is -0.726. The minimum absolute atomic E-state index is 0.144. The van der Waals surface area contributed by atoms with E-state index in [1.54, 1.807) is 25.1 Å². The van der Waals surface area contributed by atoms with Crippen LogP contribution in [0.5, 0.6) is 0 Å². The number of hydrogen-bond donors (Lipinski definition) is 3. The number of hydrazine groups is 1. The van der Waals surface area contributed by atoms with E-state index < -0.39 is 11.9 Å². The van der Waals surface area contributed by atoms with Crippen molar-refractivity contribution >= 4 is 17.7 Å². The van der Waals surface area contributed by atoms with Gasteiger partial charge in [-0.1, -0.05) is 25.1 Å². The fourth-order valence-corrected chi connectivity index (χ4v) is 1.30. The van der Waals surface area contributed by atoms with Crippen molar-refractivity contribution in [3.63, 3.8) is 0 Å². The summed E-state index contributed by atoms with van der Waals surface area (Å²) >= 11 is 0. The summed E-state index contributed by atoms with van der Waals surface area (Å²) in [6.45, 7) is 1.71. The van der Waals surface area contributed by atoms with Crippen LogP contribution in [0.4, 0.5) is 4.79 Å². The SMILES string of the molecule is CCC(=O)c1ccccc1C(=O)NNC(N)=O. The molecule has 90 valence electrons. The lowest BCUT2D eigenvalue weighted by Gasteiger charge is -2.08. The summed E-state index contributed by atoms with van der Waals surface area (Å²) in [6.07, 6.45) is 0.299. The molecule has 0 spiro atoms. The molecule has 0 fully saturated rings. The second-order valence-electron chi connectivity index (χ2n) is 3.27. The topological polar surface area (TPSA) is 101 Å². The minimum atomic E-state index is -0.877. The first-order valence-electron chi connectivity index (χ1n) is 5.04. The van der Waals surface area contributed by atoms with Gasteiger partial charge in [0.15, 0.2) is 5.78 Å². The van der Waals surface area contributed by atoms with E-state index in [4.69, 9.17) is 5.73 Å². The number of ketones is 1. The van der Waals surface area contributed by atoms with E-state index in [0.717, 1.165) is 0 Å². The first-order valence-corrected chi connectivity index (χ1v) is 5.04. The van der Waals surface area contributed by atoms with Gasteiger partial charge in [0.05, 0.1) is 5.56 Å². The predicted octanol–water partition coefficient (Wildman–Crippen LogP) is 0.592. The minimum Gasteiger partial charge on any atom is -0.350 e. The van der Waals surface area contributed by atoms with Crippen molar-refractivity contribution in [1.82, 2.24) is 10.9 Å². The van der Waals surface area contributed by atoms with Gasteiger partial charge < -0.3 is 5.73 Å². The van der Waals surface area contributed by atoms with E-state index in [9.17, 15) is 14.4 Å². The van der Waals surface area contributed by atoms with Crippen LogP contribution >= 0.6 is 0 Å². The van der Waals surface area contributed by atoms with Crippen LogP contribution in [0.3, 0.4) is 0 Å².